The van der Waals surface area contributed by atoms with Crippen molar-refractivity contribution in [3.05, 3.63) is 59.4 Å². The molecule has 4 rings (SSSR count). The number of hydrogen-bond donors (Lipinski definition) is 0. The van der Waals surface area contributed by atoms with Gasteiger partial charge < -0.3 is 8.83 Å². The van der Waals surface area contributed by atoms with E-state index in [1.54, 1.807) is 12.5 Å². The Morgan fingerprint density at radius 3 is 1.50 bits per heavy atom. The van der Waals surface area contributed by atoms with Gasteiger partial charge >= 0.3 is 0 Å². The van der Waals surface area contributed by atoms with E-state index in [2.05, 4.69) is 0 Å². The zero-order valence-electron chi connectivity index (χ0n) is 9.25. The van der Waals surface area contributed by atoms with Gasteiger partial charge in [-0.25, -0.2) is 0 Å². The Morgan fingerprint density at radius 2 is 1.06 bits per heavy atom. The van der Waals surface area contributed by atoms with E-state index >= 15 is 0 Å². The molecule has 4 heteroatoms. The highest BCUT2D eigenvalue weighted by Crippen LogP contribution is 2.24. The van der Waals surface area contributed by atoms with Gasteiger partial charge in [0.15, 0.2) is 0 Å². The second-order valence-electron chi connectivity index (χ2n) is 3.91. The van der Waals surface area contributed by atoms with Gasteiger partial charge in [-0.2, -0.15) is 0 Å². The number of benzene rings is 2. The van der Waals surface area contributed by atoms with Crippen LogP contribution >= 0.6 is 24.8 Å². The van der Waals surface area contributed by atoms with Gasteiger partial charge in [0.05, 0.1) is 12.5 Å². The van der Waals surface area contributed by atoms with E-state index in [1.807, 2.05) is 36.4 Å². The minimum Gasteiger partial charge on any atom is -0.464 e. The first kappa shape index (κ1) is 12.8. The van der Waals surface area contributed by atoms with Crippen LogP contribution in [0.15, 0.2) is 57.8 Å². The van der Waals surface area contributed by atoms with Crippen LogP contribution in [0.2, 0.25) is 0 Å². The van der Waals surface area contributed by atoms with E-state index < -0.39 is 0 Å². The molecule has 92 valence electrons. The maximum absolute atomic E-state index is 5.62. The molecule has 2 aromatic carbocycles. The Hall–Kier alpha value is -1.64. The van der Waals surface area contributed by atoms with Crippen LogP contribution in [-0.2, 0) is 0 Å². The second kappa shape index (κ2) is 4.56. The van der Waals surface area contributed by atoms with Gasteiger partial charge in [-0.1, -0.05) is 24.3 Å². The molecule has 0 bridgehead atoms. The van der Waals surface area contributed by atoms with Crippen LogP contribution in [0, 0.1) is 10.4 Å². The molecule has 0 fully saturated rings. The van der Waals surface area contributed by atoms with Crippen molar-refractivity contribution < 1.29 is 8.83 Å². The lowest BCUT2D eigenvalue weighted by atomic mass is 10.1. The highest BCUT2D eigenvalue weighted by atomic mass is 35.5. The summed E-state index contributed by atoms with van der Waals surface area (Å²) < 4.78 is 11.2. The van der Waals surface area contributed by atoms with Gasteiger partial charge in [-0.15, -0.1) is 24.8 Å². The van der Waals surface area contributed by atoms with E-state index in [4.69, 9.17) is 8.83 Å². The minimum absolute atomic E-state index is 0. The topological polar surface area (TPSA) is 26.3 Å². The maximum atomic E-state index is 5.62. The third kappa shape index (κ3) is 1.57. The zero-order valence-corrected chi connectivity index (χ0v) is 10.9. The lowest BCUT2D eigenvalue weighted by Gasteiger charge is -2.04. The average molecular weight is 281 g/mol. The minimum atomic E-state index is 0. The fourth-order valence-corrected chi connectivity index (χ4v) is 2.28. The van der Waals surface area contributed by atoms with E-state index in [9.17, 15) is 0 Å². The van der Waals surface area contributed by atoms with Crippen molar-refractivity contribution in [1.29, 1.82) is 0 Å². The lowest BCUT2D eigenvalue weighted by Crippen LogP contribution is -1.85. The van der Waals surface area contributed by atoms with Crippen LogP contribution in [0.3, 0.4) is 0 Å². The maximum Gasteiger partial charge on any atom is 0.135 e. The quantitative estimate of drug-likeness (QED) is 0.465. The number of rotatable bonds is 0. The van der Waals surface area contributed by atoms with E-state index in [0.717, 1.165) is 32.4 Å². The van der Waals surface area contributed by atoms with Crippen LogP contribution in [0.25, 0.3) is 21.9 Å². The van der Waals surface area contributed by atoms with Crippen molar-refractivity contribution in [2.24, 2.45) is 0 Å². The molecular formula is C14H10Cl2O2. The lowest BCUT2D eigenvalue weighted by molar-refractivity contribution is 0.588. The highest BCUT2D eigenvalue weighted by molar-refractivity contribution is 5.85. The molecule has 0 saturated carbocycles. The first-order chi connectivity index (χ1) is 7.93. The first-order valence-corrected chi connectivity index (χ1v) is 5.20. The molecule has 2 aliphatic rings. The zero-order chi connectivity index (χ0) is 10.5. The van der Waals surface area contributed by atoms with Gasteiger partial charge in [0, 0.05) is 21.2 Å². The Bertz CT molecular complexity index is 725. The predicted octanol–water partition coefficient (Wildman–Crippen LogP) is 4.75. The van der Waals surface area contributed by atoms with Gasteiger partial charge in [-0.3, -0.25) is 0 Å². The van der Waals surface area contributed by atoms with Crippen molar-refractivity contribution in [2.75, 3.05) is 0 Å². The Kier molecular flexibility index (Phi) is 3.24. The monoisotopic (exact) mass is 280 g/mol. The first-order valence-electron chi connectivity index (χ1n) is 5.20. The fraction of sp³-hybridized carbons (Fsp3) is 0. The smallest absolute Gasteiger partial charge is 0.135 e. The third-order valence-electron chi connectivity index (χ3n) is 2.99. The largest absolute Gasteiger partial charge is 0.464 e. The summed E-state index contributed by atoms with van der Waals surface area (Å²) in [7, 11) is 0. The van der Waals surface area contributed by atoms with Crippen LogP contribution in [-0.4, -0.2) is 0 Å². The molecule has 0 aromatic heterocycles. The molecule has 0 atom stereocenters. The summed E-state index contributed by atoms with van der Waals surface area (Å²) in [6.07, 6.45) is 3.55. The Balaban J connectivity index is 0.000000602. The summed E-state index contributed by atoms with van der Waals surface area (Å²) in [5, 5.41) is 4.43. The van der Waals surface area contributed by atoms with Gasteiger partial charge in [0.1, 0.15) is 11.2 Å². The molecule has 2 nitrogen and oxygen atoms in total. The molecule has 0 radical (unpaired) electrons. The highest BCUT2D eigenvalue weighted by Gasteiger charge is 2.06. The van der Waals surface area contributed by atoms with Crippen LogP contribution in [0.5, 0.6) is 0 Å². The van der Waals surface area contributed by atoms with Gasteiger partial charge in [0.2, 0.25) is 0 Å². The van der Waals surface area contributed by atoms with Crippen molar-refractivity contribution in [2.45, 2.75) is 0 Å². The number of hydrogen-bond acceptors (Lipinski definition) is 2. The van der Waals surface area contributed by atoms with Crippen LogP contribution in [0.4, 0.5) is 0 Å². The predicted molar refractivity (Wildman–Crippen MR) is 75.8 cm³/mol. The average Bonchev–Trinajstić information content (AvgIpc) is 2.36. The summed E-state index contributed by atoms with van der Waals surface area (Å²) in [5.41, 5.74) is 1.80. The molecule has 2 heterocycles. The molecule has 2 aliphatic heterocycles. The summed E-state index contributed by atoms with van der Waals surface area (Å²) in [6, 6.07) is 12.0. The van der Waals surface area contributed by atoms with Crippen molar-refractivity contribution >= 4 is 46.8 Å². The molecule has 0 aliphatic carbocycles. The molecule has 0 saturated heterocycles. The summed E-state index contributed by atoms with van der Waals surface area (Å²) in [5.74, 6) is 0. The molecule has 2 aromatic rings. The van der Waals surface area contributed by atoms with Gasteiger partial charge in [0.25, 0.3) is 0 Å². The van der Waals surface area contributed by atoms with Crippen molar-refractivity contribution in [1.82, 2.24) is 0 Å². The molecule has 0 spiro atoms. The van der Waals surface area contributed by atoms with Crippen molar-refractivity contribution in [3.63, 3.8) is 0 Å². The van der Waals surface area contributed by atoms with E-state index in [0.29, 0.717) is 0 Å². The standard InChI is InChI=1S/C14H8O2.2ClH/c1-3-9-7-16-12-6-2-4-10-8-15-11(5-1)13(9)14(10)12;;/h1-8H;2*1H. The summed E-state index contributed by atoms with van der Waals surface area (Å²) in [4.78, 5) is 0. The molecular weight excluding hydrogens is 271 g/mol. The molecule has 0 amide bonds. The van der Waals surface area contributed by atoms with Crippen LogP contribution < -0.4 is 0 Å². The van der Waals surface area contributed by atoms with E-state index in [-0.39, 0.29) is 24.8 Å². The van der Waals surface area contributed by atoms with Crippen molar-refractivity contribution in [3.8, 4) is 0 Å². The van der Waals surface area contributed by atoms with E-state index in [1.165, 1.54) is 0 Å². The Morgan fingerprint density at radius 1 is 0.611 bits per heavy atom. The molecule has 18 heavy (non-hydrogen) atoms. The fourth-order valence-electron chi connectivity index (χ4n) is 2.28. The second-order valence-corrected chi connectivity index (χ2v) is 3.91. The van der Waals surface area contributed by atoms with Crippen LogP contribution in [0.1, 0.15) is 0 Å². The number of halogens is 2. The molecule has 0 unspecified atom stereocenters. The summed E-state index contributed by atoms with van der Waals surface area (Å²) >= 11 is 0. The SMILES string of the molecule is Cl.Cl.c1cc2coc3cccc4coc(c1)c2=c43. The normalized spacial score (nSPS) is 10.4. The summed E-state index contributed by atoms with van der Waals surface area (Å²) in [6.45, 7) is 0. The third-order valence-corrected chi connectivity index (χ3v) is 2.99. The molecule has 0 N–H and O–H groups in total. The Labute approximate surface area is 115 Å². The van der Waals surface area contributed by atoms with Gasteiger partial charge in [-0.05, 0) is 12.1 Å².